The molecule has 8 heteroatoms. The topological polar surface area (TPSA) is 89.0 Å². The third-order valence-electron chi connectivity index (χ3n) is 5.23. The van der Waals surface area contributed by atoms with Crippen molar-refractivity contribution in [2.75, 3.05) is 11.6 Å². The second kappa shape index (κ2) is 8.69. The van der Waals surface area contributed by atoms with Crippen molar-refractivity contribution in [3.05, 3.63) is 46.3 Å². The maximum Gasteiger partial charge on any atom is 0.233 e. The van der Waals surface area contributed by atoms with Crippen molar-refractivity contribution in [3.8, 4) is 0 Å². The minimum Gasteiger partial charge on any atom is -0.309 e. The number of rotatable bonds is 6. The van der Waals surface area contributed by atoms with Gasteiger partial charge in [-0.15, -0.1) is 0 Å². The zero-order valence-corrected chi connectivity index (χ0v) is 18.4. The van der Waals surface area contributed by atoms with Crippen LogP contribution in [0.3, 0.4) is 0 Å². The van der Waals surface area contributed by atoms with Crippen molar-refractivity contribution < 1.29 is 13.2 Å². The molecule has 0 bridgehead atoms. The van der Waals surface area contributed by atoms with E-state index in [1.807, 2.05) is 6.07 Å². The summed E-state index contributed by atoms with van der Waals surface area (Å²) in [6, 6.07) is 5.19. The minimum absolute atomic E-state index is 0.143. The summed E-state index contributed by atoms with van der Waals surface area (Å²) in [6.07, 6.45) is 9.63. The number of hydrogen-bond donors (Lipinski definition) is 1. The van der Waals surface area contributed by atoms with Gasteiger partial charge >= 0.3 is 0 Å². The highest BCUT2D eigenvalue weighted by atomic mass is 79.9. The lowest BCUT2D eigenvalue weighted by atomic mass is 9.86. The second-order valence-corrected chi connectivity index (χ2v) is 10.2. The summed E-state index contributed by atoms with van der Waals surface area (Å²) in [5.41, 5.74) is 1.49. The summed E-state index contributed by atoms with van der Waals surface area (Å²) in [6.45, 7) is 1.77. The van der Waals surface area contributed by atoms with E-state index in [4.69, 9.17) is 0 Å². The zero-order chi connectivity index (χ0) is 20.3. The van der Waals surface area contributed by atoms with Crippen LogP contribution in [0.25, 0.3) is 0 Å². The van der Waals surface area contributed by atoms with Gasteiger partial charge in [0.25, 0.3) is 0 Å². The standard InChI is InChI=1S/C20H24BrN3O3S/c1-13-9-15(7-8-17(13)28(2,26)27)16(10-14-5-3-4-6-14)20(25)24-19-12-22-18(21)11-23-19/h7-9,11-12,14,16H,3-6,10H2,1-2H3,(H,23,24,25). The van der Waals surface area contributed by atoms with Gasteiger partial charge in [0.1, 0.15) is 4.60 Å². The molecule has 0 saturated heterocycles. The van der Waals surface area contributed by atoms with Gasteiger partial charge in [0.15, 0.2) is 15.7 Å². The zero-order valence-electron chi connectivity index (χ0n) is 16.0. The Morgan fingerprint density at radius 2 is 1.96 bits per heavy atom. The van der Waals surface area contributed by atoms with Gasteiger partial charge in [-0.25, -0.2) is 18.4 Å². The molecule has 3 rings (SSSR count). The van der Waals surface area contributed by atoms with Gasteiger partial charge in [-0.2, -0.15) is 0 Å². The molecule has 1 N–H and O–H groups in total. The van der Waals surface area contributed by atoms with Gasteiger partial charge in [-0.1, -0.05) is 37.8 Å². The number of nitrogens with one attached hydrogen (secondary N) is 1. The summed E-state index contributed by atoms with van der Waals surface area (Å²) in [5, 5.41) is 2.85. The Hall–Kier alpha value is -1.80. The minimum atomic E-state index is -3.29. The number of amides is 1. The highest BCUT2D eigenvalue weighted by Crippen LogP contribution is 2.35. The molecule has 1 saturated carbocycles. The number of halogens is 1. The lowest BCUT2D eigenvalue weighted by Crippen LogP contribution is -2.24. The van der Waals surface area contributed by atoms with Crippen LogP contribution >= 0.6 is 15.9 Å². The molecule has 6 nitrogen and oxygen atoms in total. The number of carbonyl (C=O) groups excluding carboxylic acids is 1. The number of carbonyl (C=O) groups is 1. The molecule has 2 aromatic rings. The molecule has 150 valence electrons. The fraction of sp³-hybridized carbons (Fsp3) is 0.450. The Bertz CT molecular complexity index is 955. The summed E-state index contributed by atoms with van der Waals surface area (Å²) < 4.78 is 24.4. The van der Waals surface area contributed by atoms with Crippen LogP contribution in [0.5, 0.6) is 0 Å². The first-order chi connectivity index (χ1) is 13.2. The maximum absolute atomic E-state index is 13.1. The molecule has 1 unspecified atom stereocenters. The molecule has 1 aliphatic rings. The molecule has 1 aromatic carbocycles. The molecule has 1 amide bonds. The van der Waals surface area contributed by atoms with Crippen molar-refractivity contribution in [2.24, 2.45) is 5.92 Å². The number of anilines is 1. The van der Waals surface area contributed by atoms with E-state index in [0.717, 1.165) is 24.8 Å². The first-order valence-electron chi connectivity index (χ1n) is 9.33. The van der Waals surface area contributed by atoms with Crippen LogP contribution < -0.4 is 5.32 Å². The Morgan fingerprint density at radius 3 is 2.54 bits per heavy atom. The van der Waals surface area contributed by atoms with Gasteiger partial charge in [-0.05, 0) is 52.4 Å². The fourth-order valence-electron chi connectivity index (χ4n) is 3.87. The average Bonchev–Trinajstić information content (AvgIpc) is 3.13. The van der Waals surface area contributed by atoms with E-state index >= 15 is 0 Å². The molecule has 0 radical (unpaired) electrons. The molecule has 0 spiro atoms. The Kier molecular flexibility index (Phi) is 6.50. The lowest BCUT2D eigenvalue weighted by molar-refractivity contribution is -0.118. The highest BCUT2D eigenvalue weighted by Gasteiger charge is 2.28. The van der Waals surface area contributed by atoms with E-state index in [0.29, 0.717) is 26.8 Å². The summed E-state index contributed by atoms with van der Waals surface area (Å²) in [7, 11) is -3.29. The van der Waals surface area contributed by atoms with Crippen molar-refractivity contribution in [2.45, 2.75) is 49.8 Å². The van der Waals surface area contributed by atoms with E-state index in [1.165, 1.54) is 31.5 Å². The number of benzene rings is 1. The molecule has 1 fully saturated rings. The fourth-order valence-corrected chi connectivity index (χ4v) is 5.03. The van der Waals surface area contributed by atoms with E-state index in [9.17, 15) is 13.2 Å². The monoisotopic (exact) mass is 465 g/mol. The largest absolute Gasteiger partial charge is 0.309 e. The molecule has 0 aliphatic heterocycles. The molecule has 1 atom stereocenters. The van der Waals surface area contributed by atoms with Crippen LogP contribution in [0, 0.1) is 12.8 Å². The molecular weight excluding hydrogens is 442 g/mol. The summed E-state index contributed by atoms with van der Waals surface area (Å²) >= 11 is 3.23. The van der Waals surface area contributed by atoms with E-state index in [2.05, 4.69) is 31.2 Å². The third-order valence-corrected chi connectivity index (χ3v) is 6.90. The lowest BCUT2D eigenvalue weighted by Gasteiger charge is -2.21. The Labute approximate surface area is 174 Å². The van der Waals surface area contributed by atoms with Gasteiger partial charge in [0, 0.05) is 6.26 Å². The normalized spacial score (nSPS) is 16.1. The number of aromatic nitrogens is 2. The smallest absolute Gasteiger partial charge is 0.233 e. The van der Waals surface area contributed by atoms with E-state index < -0.39 is 9.84 Å². The maximum atomic E-state index is 13.1. The molecule has 1 aliphatic carbocycles. The molecule has 28 heavy (non-hydrogen) atoms. The van der Waals surface area contributed by atoms with Gasteiger partial charge in [0.05, 0.1) is 23.2 Å². The Morgan fingerprint density at radius 1 is 1.25 bits per heavy atom. The second-order valence-electron chi connectivity index (χ2n) is 7.45. The van der Waals surface area contributed by atoms with Crippen molar-refractivity contribution >= 4 is 37.5 Å². The van der Waals surface area contributed by atoms with Crippen LogP contribution in [0.2, 0.25) is 0 Å². The number of aryl methyl sites for hydroxylation is 1. The average molecular weight is 466 g/mol. The van der Waals surface area contributed by atoms with Gasteiger partial charge in [-0.3, -0.25) is 4.79 Å². The van der Waals surface area contributed by atoms with Gasteiger partial charge < -0.3 is 5.32 Å². The number of nitrogens with zero attached hydrogens (tertiary/aromatic N) is 2. The molecule has 1 aromatic heterocycles. The van der Waals surface area contributed by atoms with Crippen molar-refractivity contribution in [1.82, 2.24) is 9.97 Å². The van der Waals surface area contributed by atoms with Gasteiger partial charge in [0.2, 0.25) is 5.91 Å². The van der Waals surface area contributed by atoms with Crippen LogP contribution in [-0.4, -0.2) is 30.5 Å². The number of hydrogen-bond acceptors (Lipinski definition) is 5. The quantitative estimate of drug-likeness (QED) is 0.688. The van der Waals surface area contributed by atoms with E-state index in [-0.39, 0.29) is 11.8 Å². The predicted octanol–water partition coefficient (Wildman–Crippen LogP) is 4.25. The predicted molar refractivity (Wildman–Crippen MR) is 112 cm³/mol. The molecule has 1 heterocycles. The summed E-state index contributed by atoms with van der Waals surface area (Å²) in [5.74, 6) is 0.395. The molecular formula is C20H24BrN3O3S. The number of sulfone groups is 1. The van der Waals surface area contributed by atoms with E-state index in [1.54, 1.807) is 19.1 Å². The highest BCUT2D eigenvalue weighted by molar-refractivity contribution is 9.10. The van der Waals surface area contributed by atoms with Crippen LogP contribution in [0.15, 0.2) is 40.1 Å². The van der Waals surface area contributed by atoms with Crippen molar-refractivity contribution in [1.29, 1.82) is 0 Å². The van der Waals surface area contributed by atoms with Crippen molar-refractivity contribution in [3.63, 3.8) is 0 Å². The Balaban J connectivity index is 1.88. The first-order valence-corrected chi connectivity index (χ1v) is 12.0. The first kappa shape index (κ1) is 20.9. The van der Waals surface area contributed by atoms with Crippen LogP contribution in [-0.2, 0) is 14.6 Å². The third kappa shape index (κ3) is 5.17. The van der Waals surface area contributed by atoms with Crippen LogP contribution in [0.1, 0.15) is 49.1 Å². The van der Waals surface area contributed by atoms with Crippen LogP contribution in [0.4, 0.5) is 5.82 Å². The SMILES string of the molecule is Cc1cc(C(CC2CCCC2)C(=O)Nc2cnc(Br)cn2)ccc1S(C)(=O)=O. The summed E-state index contributed by atoms with van der Waals surface area (Å²) in [4.78, 5) is 21.6.